The standard InChI is InChI=1S/C18H27Cl/c1-14(2)12-16-8-10-17(11-9-16)18(19)13-15-6-4-3-5-7-15/h8-11,14-15,18H,3-7,12-13H2,1-2H3. The van der Waals surface area contributed by atoms with Crippen LogP contribution >= 0.6 is 11.6 Å². The highest BCUT2D eigenvalue weighted by Crippen LogP contribution is 2.35. The molecule has 2 rings (SSSR count). The normalized spacial score (nSPS) is 18.7. The SMILES string of the molecule is CC(C)Cc1ccc(C(Cl)CC2CCCCC2)cc1. The summed E-state index contributed by atoms with van der Waals surface area (Å²) in [5, 5.41) is 0.205. The maximum atomic E-state index is 6.60. The maximum Gasteiger partial charge on any atom is 0.0587 e. The van der Waals surface area contributed by atoms with E-state index in [2.05, 4.69) is 38.1 Å². The van der Waals surface area contributed by atoms with Crippen molar-refractivity contribution in [3.05, 3.63) is 35.4 Å². The molecule has 1 aromatic rings. The predicted molar refractivity (Wildman–Crippen MR) is 84.8 cm³/mol. The molecule has 0 aromatic heterocycles. The highest BCUT2D eigenvalue weighted by atomic mass is 35.5. The summed E-state index contributed by atoms with van der Waals surface area (Å²) in [5.41, 5.74) is 2.74. The summed E-state index contributed by atoms with van der Waals surface area (Å²) in [6.45, 7) is 4.53. The minimum absolute atomic E-state index is 0.205. The zero-order valence-electron chi connectivity index (χ0n) is 12.4. The second-order valence-corrected chi connectivity index (χ2v) is 7.07. The van der Waals surface area contributed by atoms with E-state index in [1.165, 1.54) is 43.2 Å². The molecule has 0 bridgehead atoms. The van der Waals surface area contributed by atoms with Crippen molar-refractivity contribution in [2.75, 3.05) is 0 Å². The molecule has 1 unspecified atom stereocenters. The van der Waals surface area contributed by atoms with E-state index in [0.29, 0.717) is 0 Å². The van der Waals surface area contributed by atoms with Gasteiger partial charge in [-0.05, 0) is 35.8 Å². The molecule has 0 heterocycles. The zero-order valence-corrected chi connectivity index (χ0v) is 13.1. The molecule has 0 amide bonds. The Morgan fingerprint density at radius 3 is 2.26 bits per heavy atom. The van der Waals surface area contributed by atoms with E-state index >= 15 is 0 Å². The number of hydrogen-bond acceptors (Lipinski definition) is 0. The quantitative estimate of drug-likeness (QED) is 0.568. The van der Waals surface area contributed by atoms with Crippen LogP contribution in [0.2, 0.25) is 0 Å². The van der Waals surface area contributed by atoms with E-state index in [1.54, 1.807) is 0 Å². The Kier molecular flexibility index (Phi) is 5.76. The summed E-state index contributed by atoms with van der Waals surface area (Å²) in [4.78, 5) is 0. The summed E-state index contributed by atoms with van der Waals surface area (Å²) in [6, 6.07) is 8.98. The van der Waals surface area contributed by atoms with Crippen LogP contribution in [0, 0.1) is 11.8 Å². The van der Waals surface area contributed by atoms with Crippen LogP contribution in [0.5, 0.6) is 0 Å². The van der Waals surface area contributed by atoms with Gasteiger partial charge in [-0.3, -0.25) is 0 Å². The van der Waals surface area contributed by atoms with E-state index in [9.17, 15) is 0 Å². The van der Waals surface area contributed by atoms with Crippen molar-refractivity contribution in [3.8, 4) is 0 Å². The van der Waals surface area contributed by atoms with Crippen LogP contribution in [0.4, 0.5) is 0 Å². The fraction of sp³-hybridized carbons (Fsp3) is 0.667. The number of hydrogen-bond donors (Lipinski definition) is 0. The van der Waals surface area contributed by atoms with E-state index < -0.39 is 0 Å². The summed E-state index contributed by atoms with van der Waals surface area (Å²) < 4.78 is 0. The lowest BCUT2D eigenvalue weighted by molar-refractivity contribution is 0.336. The van der Waals surface area contributed by atoms with Gasteiger partial charge in [0.05, 0.1) is 5.38 Å². The van der Waals surface area contributed by atoms with Crippen LogP contribution in [0.3, 0.4) is 0 Å². The highest BCUT2D eigenvalue weighted by molar-refractivity contribution is 6.20. The Hall–Kier alpha value is -0.490. The van der Waals surface area contributed by atoms with Crippen LogP contribution in [0.25, 0.3) is 0 Å². The second kappa shape index (κ2) is 7.33. The number of benzene rings is 1. The molecule has 1 saturated carbocycles. The van der Waals surface area contributed by atoms with E-state index in [0.717, 1.165) is 24.7 Å². The van der Waals surface area contributed by atoms with Gasteiger partial charge in [0.2, 0.25) is 0 Å². The van der Waals surface area contributed by atoms with E-state index in [4.69, 9.17) is 11.6 Å². The van der Waals surface area contributed by atoms with Crippen molar-refractivity contribution in [3.63, 3.8) is 0 Å². The van der Waals surface area contributed by atoms with Crippen molar-refractivity contribution < 1.29 is 0 Å². The van der Waals surface area contributed by atoms with Crippen molar-refractivity contribution >= 4 is 11.6 Å². The van der Waals surface area contributed by atoms with Crippen molar-refractivity contribution in [2.24, 2.45) is 11.8 Å². The fourth-order valence-corrected chi connectivity index (χ4v) is 3.58. The van der Waals surface area contributed by atoms with Gasteiger partial charge < -0.3 is 0 Å². The minimum atomic E-state index is 0.205. The van der Waals surface area contributed by atoms with Crippen LogP contribution in [0.1, 0.15) is 68.9 Å². The minimum Gasteiger partial charge on any atom is -0.118 e. The molecule has 0 nitrogen and oxygen atoms in total. The summed E-state index contributed by atoms with van der Waals surface area (Å²) >= 11 is 6.60. The Balaban J connectivity index is 1.89. The molecule has 106 valence electrons. The number of halogens is 1. The van der Waals surface area contributed by atoms with Gasteiger partial charge in [0.15, 0.2) is 0 Å². The lowest BCUT2D eigenvalue weighted by Gasteiger charge is -2.24. The van der Waals surface area contributed by atoms with Crippen LogP contribution in [-0.4, -0.2) is 0 Å². The average molecular weight is 279 g/mol. The third kappa shape index (κ3) is 4.84. The van der Waals surface area contributed by atoms with Gasteiger partial charge in [-0.25, -0.2) is 0 Å². The van der Waals surface area contributed by atoms with Gasteiger partial charge >= 0.3 is 0 Å². The molecular formula is C18H27Cl. The molecule has 1 aromatic carbocycles. The van der Waals surface area contributed by atoms with Crippen LogP contribution in [-0.2, 0) is 6.42 Å². The number of alkyl halides is 1. The first-order valence-corrected chi connectivity index (χ1v) is 8.31. The first-order valence-electron chi connectivity index (χ1n) is 7.88. The summed E-state index contributed by atoms with van der Waals surface area (Å²) in [7, 11) is 0. The molecule has 0 radical (unpaired) electrons. The van der Waals surface area contributed by atoms with Gasteiger partial charge in [0.25, 0.3) is 0 Å². The van der Waals surface area contributed by atoms with Gasteiger partial charge in [0.1, 0.15) is 0 Å². The Morgan fingerprint density at radius 2 is 1.68 bits per heavy atom. The highest BCUT2D eigenvalue weighted by Gasteiger charge is 2.18. The molecule has 19 heavy (non-hydrogen) atoms. The van der Waals surface area contributed by atoms with Crippen molar-refractivity contribution in [2.45, 2.75) is 64.2 Å². The molecule has 1 atom stereocenters. The molecule has 0 aliphatic heterocycles. The van der Waals surface area contributed by atoms with Gasteiger partial charge in [0, 0.05) is 0 Å². The monoisotopic (exact) mass is 278 g/mol. The first kappa shape index (κ1) is 14.9. The Morgan fingerprint density at radius 1 is 1.05 bits per heavy atom. The Labute approximate surface area is 123 Å². The zero-order chi connectivity index (χ0) is 13.7. The third-order valence-electron chi connectivity index (χ3n) is 4.25. The molecule has 0 spiro atoms. The average Bonchev–Trinajstić information content (AvgIpc) is 2.40. The smallest absolute Gasteiger partial charge is 0.0587 e. The topological polar surface area (TPSA) is 0 Å². The van der Waals surface area contributed by atoms with Crippen molar-refractivity contribution in [1.82, 2.24) is 0 Å². The predicted octanol–water partition coefficient (Wildman–Crippen LogP) is 6.14. The van der Waals surface area contributed by atoms with Gasteiger partial charge in [-0.15, -0.1) is 11.6 Å². The molecule has 0 N–H and O–H groups in total. The summed E-state index contributed by atoms with van der Waals surface area (Å²) in [6.07, 6.45) is 9.32. The molecular weight excluding hydrogens is 252 g/mol. The van der Waals surface area contributed by atoms with Gasteiger partial charge in [-0.2, -0.15) is 0 Å². The molecule has 1 heteroatoms. The van der Waals surface area contributed by atoms with Crippen molar-refractivity contribution in [1.29, 1.82) is 0 Å². The summed E-state index contributed by atoms with van der Waals surface area (Å²) in [5.74, 6) is 1.58. The lowest BCUT2D eigenvalue weighted by atomic mass is 9.85. The molecule has 1 aliphatic rings. The fourth-order valence-electron chi connectivity index (χ4n) is 3.19. The largest absolute Gasteiger partial charge is 0.118 e. The lowest BCUT2D eigenvalue weighted by Crippen LogP contribution is -2.08. The Bertz CT molecular complexity index is 360. The first-order chi connectivity index (χ1) is 9.15. The third-order valence-corrected chi connectivity index (χ3v) is 4.68. The van der Waals surface area contributed by atoms with E-state index in [1.807, 2.05) is 0 Å². The molecule has 0 saturated heterocycles. The maximum absolute atomic E-state index is 6.60. The van der Waals surface area contributed by atoms with Crippen LogP contribution in [0.15, 0.2) is 24.3 Å². The van der Waals surface area contributed by atoms with Crippen LogP contribution < -0.4 is 0 Å². The van der Waals surface area contributed by atoms with Gasteiger partial charge in [-0.1, -0.05) is 70.2 Å². The van der Waals surface area contributed by atoms with E-state index in [-0.39, 0.29) is 5.38 Å². The molecule has 1 aliphatic carbocycles. The number of rotatable bonds is 5. The molecule has 1 fully saturated rings. The second-order valence-electron chi connectivity index (χ2n) is 6.55.